The van der Waals surface area contributed by atoms with Crippen molar-refractivity contribution in [2.24, 2.45) is 5.41 Å². The first-order valence-electron chi connectivity index (χ1n) is 5.98. The maximum Gasteiger partial charge on any atom is 0.408 e. The summed E-state index contributed by atoms with van der Waals surface area (Å²) in [4.78, 5) is 22.3. The van der Waals surface area contributed by atoms with E-state index in [2.05, 4.69) is 26.1 Å². The predicted octanol–water partition coefficient (Wildman–Crippen LogP) is 2.90. The fraction of sp³-hybridized carbons (Fsp3) is 0.846. The summed E-state index contributed by atoms with van der Waals surface area (Å²) >= 11 is 0. The van der Waals surface area contributed by atoms with Gasteiger partial charge in [-0.05, 0) is 39.0 Å². The Morgan fingerprint density at radius 2 is 1.76 bits per heavy atom. The second-order valence-electron chi connectivity index (χ2n) is 6.49. The quantitative estimate of drug-likeness (QED) is 0.772. The van der Waals surface area contributed by atoms with Gasteiger partial charge in [0.2, 0.25) is 0 Å². The standard InChI is InChI=1S/C13H25NO3/c1-12(2,3)8-7-10(9-15)14-11(16)17-13(4,5)6/h9-10H,7-8H2,1-6H3,(H,14,16). The van der Waals surface area contributed by atoms with Crippen molar-refractivity contribution in [3.8, 4) is 0 Å². The molecule has 0 aliphatic heterocycles. The highest BCUT2D eigenvalue weighted by Crippen LogP contribution is 2.21. The molecule has 17 heavy (non-hydrogen) atoms. The molecule has 1 atom stereocenters. The number of rotatable bonds is 4. The summed E-state index contributed by atoms with van der Waals surface area (Å²) in [5.74, 6) is 0. The third-order valence-corrected chi connectivity index (χ3v) is 2.07. The molecule has 100 valence electrons. The maximum atomic E-state index is 11.5. The third-order valence-electron chi connectivity index (χ3n) is 2.07. The average molecular weight is 243 g/mol. The van der Waals surface area contributed by atoms with Crippen LogP contribution in [0.15, 0.2) is 0 Å². The van der Waals surface area contributed by atoms with Crippen molar-refractivity contribution in [2.45, 2.75) is 66.0 Å². The first kappa shape index (κ1) is 15.9. The number of amides is 1. The van der Waals surface area contributed by atoms with Crippen molar-refractivity contribution in [3.05, 3.63) is 0 Å². The Bertz CT molecular complexity index is 261. The second kappa shape index (κ2) is 6.03. The Hall–Kier alpha value is -1.06. The molecule has 0 aromatic carbocycles. The molecule has 0 aliphatic carbocycles. The van der Waals surface area contributed by atoms with Gasteiger partial charge in [-0.25, -0.2) is 4.79 Å². The first-order chi connectivity index (χ1) is 7.53. The van der Waals surface area contributed by atoms with Gasteiger partial charge in [0.15, 0.2) is 0 Å². The molecule has 1 amide bonds. The van der Waals surface area contributed by atoms with Crippen LogP contribution in [0.1, 0.15) is 54.4 Å². The number of aldehydes is 1. The van der Waals surface area contributed by atoms with E-state index in [-0.39, 0.29) is 5.41 Å². The van der Waals surface area contributed by atoms with E-state index >= 15 is 0 Å². The highest BCUT2D eigenvalue weighted by molar-refractivity contribution is 5.73. The molecular weight excluding hydrogens is 218 g/mol. The summed E-state index contributed by atoms with van der Waals surface area (Å²) in [7, 11) is 0. The molecule has 1 unspecified atom stereocenters. The SMILES string of the molecule is CC(C)(C)CCC(C=O)NC(=O)OC(C)(C)C. The molecule has 0 radical (unpaired) electrons. The Labute approximate surface area is 104 Å². The zero-order chi connectivity index (χ0) is 13.7. The Kier molecular flexibility index (Phi) is 5.66. The topological polar surface area (TPSA) is 55.4 Å². The minimum absolute atomic E-state index is 0.150. The van der Waals surface area contributed by atoms with Gasteiger partial charge in [0.1, 0.15) is 11.9 Å². The Morgan fingerprint density at radius 3 is 2.12 bits per heavy atom. The van der Waals surface area contributed by atoms with E-state index in [0.717, 1.165) is 12.7 Å². The number of carbonyl (C=O) groups excluding carboxylic acids is 2. The smallest absolute Gasteiger partial charge is 0.408 e. The fourth-order valence-electron chi connectivity index (χ4n) is 1.22. The highest BCUT2D eigenvalue weighted by Gasteiger charge is 2.20. The van der Waals surface area contributed by atoms with Gasteiger partial charge in [0.05, 0.1) is 6.04 Å². The maximum absolute atomic E-state index is 11.5. The van der Waals surface area contributed by atoms with E-state index in [1.165, 1.54) is 0 Å². The van der Waals surface area contributed by atoms with Crippen LogP contribution in [0.3, 0.4) is 0 Å². The minimum Gasteiger partial charge on any atom is -0.444 e. The van der Waals surface area contributed by atoms with Gasteiger partial charge in [-0.15, -0.1) is 0 Å². The Balaban J connectivity index is 4.14. The van der Waals surface area contributed by atoms with Crippen molar-refractivity contribution in [3.63, 3.8) is 0 Å². The van der Waals surface area contributed by atoms with Gasteiger partial charge in [-0.1, -0.05) is 20.8 Å². The van der Waals surface area contributed by atoms with Crippen LogP contribution in [0.4, 0.5) is 4.79 Å². The van der Waals surface area contributed by atoms with Crippen molar-refractivity contribution in [1.29, 1.82) is 0 Å². The van der Waals surface area contributed by atoms with Gasteiger partial charge in [-0.2, -0.15) is 0 Å². The third kappa shape index (κ3) is 9.85. The van der Waals surface area contributed by atoms with Gasteiger partial charge >= 0.3 is 6.09 Å². The van der Waals surface area contributed by atoms with E-state index < -0.39 is 17.7 Å². The van der Waals surface area contributed by atoms with Crippen molar-refractivity contribution in [1.82, 2.24) is 5.32 Å². The molecule has 0 aliphatic rings. The van der Waals surface area contributed by atoms with E-state index in [4.69, 9.17) is 4.74 Å². The molecule has 0 spiro atoms. The molecule has 1 N–H and O–H groups in total. The molecule has 0 saturated heterocycles. The fourth-order valence-corrected chi connectivity index (χ4v) is 1.22. The van der Waals surface area contributed by atoms with E-state index in [0.29, 0.717) is 6.42 Å². The van der Waals surface area contributed by atoms with Crippen LogP contribution >= 0.6 is 0 Å². The molecule has 0 saturated carbocycles. The van der Waals surface area contributed by atoms with E-state index in [1.807, 2.05) is 0 Å². The summed E-state index contributed by atoms with van der Waals surface area (Å²) in [5, 5.41) is 2.57. The lowest BCUT2D eigenvalue weighted by atomic mass is 9.89. The summed E-state index contributed by atoms with van der Waals surface area (Å²) in [6, 6.07) is -0.468. The van der Waals surface area contributed by atoms with Crippen molar-refractivity contribution >= 4 is 12.4 Å². The van der Waals surface area contributed by atoms with Crippen LogP contribution in [0.2, 0.25) is 0 Å². The van der Waals surface area contributed by atoms with Crippen molar-refractivity contribution < 1.29 is 14.3 Å². The normalized spacial score (nSPS) is 14.0. The van der Waals surface area contributed by atoms with E-state index in [1.54, 1.807) is 20.8 Å². The lowest BCUT2D eigenvalue weighted by Gasteiger charge is -2.23. The monoisotopic (exact) mass is 243 g/mol. The highest BCUT2D eigenvalue weighted by atomic mass is 16.6. The summed E-state index contributed by atoms with van der Waals surface area (Å²) in [6.45, 7) is 11.7. The summed E-state index contributed by atoms with van der Waals surface area (Å²) in [6.07, 6.45) is 1.72. The number of carbonyl (C=O) groups is 2. The summed E-state index contributed by atoms with van der Waals surface area (Å²) in [5.41, 5.74) is -0.390. The van der Waals surface area contributed by atoms with Crippen LogP contribution in [-0.2, 0) is 9.53 Å². The molecule has 0 aromatic rings. The molecule has 4 nitrogen and oxygen atoms in total. The number of hydrogen-bond donors (Lipinski definition) is 1. The van der Waals surface area contributed by atoms with Crippen LogP contribution in [0, 0.1) is 5.41 Å². The second-order valence-corrected chi connectivity index (χ2v) is 6.49. The molecule has 0 fully saturated rings. The number of alkyl carbamates (subject to hydrolysis) is 1. The lowest BCUT2D eigenvalue weighted by molar-refractivity contribution is -0.109. The largest absolute Gasteiger partial charge is 0.444 e. The molecule has 4 heteroatoms. The van der Waals surface area contributed by atoms with Crippen LogP contribution < -0.4 is 5.32 Å². The van der Waals surface area contributed by atoms with Crippen LogP contribution in [-0.4, -0.2) is 24.0 Å². The molecule has 0 rings (SSSR count). The van der Waals surface area contributed by atoms with Crippen molar-refractivity contribution in [2.75, 3.05) is 0 Å². The number of ether oxygens (including phenoxy) is 1. The van der Waals surface area contributed by atoms with Crippen LogP contribution in [0.5, 0.6) is 0 Å². The predicted molar refractivity (Wildman–Crippen MR) is 67.9 cm³/mol. The summed E-state index contributed by atoms with van der Waals surface area (Å²) < 4.78 is 5.09. The Morgan fingerprint density at radius 1 is 1.24 bits per heavy atom. The first-order valence-corrected chi connectivity index (χ1v) is 5.98. The average Bonchev–Trinajstić information content (AvgIpc) is 2.07. The zero-order valence-electron chi connectivity index (χ0n) is 11.8. The minimum atomic E-state index is -0.540. The molecule has 0 aromatic heterocycles. The van der Waals surface area contributed by atoms with E-state index in [9.17, 15) is 9.59 Å². The number of nitrogens with one attached hydrogen (secondary N) is 1. The van der Waals surface area contributed by atoms with Gasteiger partial charge in [-0.3, -0.25) is 0 Å². The van der Waals surface area contributed by atoms with Gasteiger partial charge in [0, 0.05) is 0 Å². The van der Waals surface area contributed by atoms with Gasteiger partial charge < -0.3 is 14.8 Å². The van der Waals surface area contributed by atoms with Gasteiger partial charge in [0.25, 0.3) is 0 Å². The zero-order valence-corrected chi connectivity index (χ0v) is 11.8. The molecule has 0 bridgehead atoms. The molecular formula is C13H25NO3. The molecule has 0 heterocycles. The number of hydrogen-bond acceptors (Lipinski definition) is 3. The van der Waals surface area contributed by atoms with Crippen LogP contribution in [0.25, 0.3) is 0 Å². The lowest BCUT2D eigenvalue weighted by Crippen LogP contribution is -2.40.